The molecule has 1 aromatic heterocycles. The number of ether oxygens (including phenoxy) is 2. The van der Waals surface area contributed by atoms with Crippen molar-refractivity contribution in [3.8, 4) is 17.6 Å². The zero-order valence-electron chi connectivity index (χ0n) is 22.3. The highest BCUT2D eigenvalue weighted by Gasteiger charge is 2.12. The largest absolute Gasteiger partial charge is 0.492 e. The Morgan fingerprint density at radius 2 is 1.75 bits per heavy atom. The van der Waals surface area contributed by atoms with E-state index in [1.165, 1.54) is 38.5 Å². The first kappa shape index (κ1) is 26.9. The fourth-order valence-corrected chi connectivity index (χ4v) is 4.76. The first-order chi connectivity index (χ1) is 19.7. The molecule has 0 spiro atoms. The summed E-state index contributed by atoms with van der Waals surface area (Å²) in [4.78, 5) is 15.1. The van der Waals surface area contributed by atoms with E-state index in [1.54, 1.807) is 6.07 Å². The van der Waals surface area contributed by atoms with E-state index in [9.17, 15) is 4.79 Å². The van der Waals surface area contributed by atoms with Crippen LogP contribution in [-0.4, -0.2) is 47.4 Å². The predicted molar refractivity (Wildman–Crippen MR) is 153 cm³/mol. The molecular weight excluding hydrogens is 504 g/mol. The van der Waals surface area contributed by atoms with E-state index in [1.807, 2.05) is 66.7 Å². The maximum Gasteiger partial charge on any atom is 0.319 e. The van der Waals surface area contributed by atoms with Gasteiger partial charge in [-0.1, -0.05) is 42.8 Å². The topological polar surface area (TPSA) is 112 Å². The van der Waals surface area contributed by atoms with Gasteiger partial charge in [0, 0.05) is 29.4 Å². The molecule has 2 N–H and O–H groups in total. The number of carbonyl (C=O) groups excluding carboxylic acids is 1. The number of rotatable bonds is 10. The van der Waals surface area contributed by atoms with Crippen molar-refractivity contribution < 1.29 is 14.3 Å². The minimum atomic E-state index is -0.391. The van der Waals surface area contributed by atoms with Crippen molar-refractivity contribution in [3.05, 3.63) is 89.7 Å². The van der Waals surface area contributed by atoms with E-state index in [0.717, 1.165) is 34.4 Å². The van der Waals surface area contributed by atoms with Crippen LogP contribution in [0, 0.1) is 11.3 Å². The molecule has 0 radical (unpaired) electrons. The number of benzene rings is 3. The summed E-state index contributed by atoms with van der Waals surface area (Å²) < 4.78 is 12.1. The third kappa shape index (κ3) is 7.04. The summed E-state index contributed by atoms with van der Waals surface area (Å²) in [5, 5.41) is 24.1. The van der Waals surface area contributed by atoms with Gasteiger partial charge < -0.3 is 20.1 Å². The maximum absolute atomic E-state index is 12.6. The average molecular weight is 537 g/mol. The monoisotopic (exact) mass is 536 g/mol. The Bertz CT molecular complexity index is 1480. The number of nitrogens with one attached hydrogen (secondary N) is 2. The van der Waals surface area contributed by atoms with Crippen molar-refractivity contribution in [2.45, 2.75) is 32.4 Å². The fourth-order valence-electron chi connectivity index (χ4n) is 4.76. The van der Waals surface area contributed by atoms with Gasteiger partial charge in [-0.3, -0.25) is 4.90 Å². The highest BCUT2D eigenvalue weighted by Crippen LogP contribution is 2.32. The molecule has 204 valence electrons. The lowest BCUT2D eigenvalue weighted by molar-refractivity contribution is 0.183. The Balaban J connectivity index is 1.16. The van der Waals surface area contributed by atoms with Crippen molar-refractivity contribution in [1.82, 2.24) is 20.4 Å². The zero-order valence-corrected chi connectivity index (χ0v) is 22.3. The highest BCUT2D eigenvalue weighted by atomic mass is 16.5. The molecule has 9 heteroatoms. The standard InChI is InChI=1S/C31H32N6O3/c32-20-29-24(14-15-34-36-29)21-33-31(38)35-28-12-13-30(27-7-3-2-6-26(27)28)40-22-23-8-10-25(11-9-23)39-19-18-37-16-4-1-5-17-37/h2-3,6-15H,1,4-5,16-19,21-22H2,(H2,33,35,38). The number of urea groups is 1. The number of aromatic nitrogens is 2. The van der Waals surface area contributed by atoms with Gasteiger partial charge in [0.1, 0.15) is 30.8 Å². The summed E-state index contributed by atoms with van der Waals surface area (Å²) in [5.74, 6) is 1.59. The van der Waals surface area contributed by atoms with E-state index in [4.69, 9.17) is 14.7 Å². The molecule has 2 amide bonds. The summed E-state index contributed by atoms with van der Waals surface area (Å²) >= 11 is 0. The minimum Gasteiger partial charge on any atom is -0.492 e. The van der Waals surface area contributed by atoms with Crippen molar-refractivity contribution in [3.63, 3.8) is 0 Å². The number of carbonyl (C=O) groups is 1. The number of likely N-dealkylation sites (tertiary alicyclic amines) is 1. The molecule has 0 atom stereocenters. The number of piperidine rings is 1. The van der Waals surface area contributed by atoms with Gasteiger partial charge in [-0.05, 0) is 61.8 Å². The van der Waals surface area contributed by atoms with E-state index < -0.39 is 6.03 Å². The van der Waals surface area contributed by atoms with Crippen LogP contribution >= 0.6 is 0 Å². The van der Waals surface area contributed by atoms with Gasteiger partial charge >= 0.3 is 6.03 Å². The van der Waals surface area contributed by atoms with Gasteiger partial charge in [0.05, 0.1) is 11.9 Å². The van der Waals surface area contributed by atoms with Crippen molar-refractivity contribution in [2.24, 2.45) is 0 Å². The van der Waals surface area contributed by atoms with Crippen LogP contribution in [0.2, 0.25) is 0 Å². The predicted octanol–water partition coefficient (Wildman–Crippen LogP) is 5.27. The number of hydrogen-bond donors (Lipinski definition) is 2. The molecule has 3 aromatic carbocycles. The van der Waals surface area contributed by atoms with E-state index >= 15 is 0 Å². The van der Waals surface area contributed by atoms with Crippen LogP contribution in [0.5, 0.6) is 11.5 Å². The normalized spacial score (nSPS) is 13.4. The van der Waals surface area contributed by atoms with Gasteiger partial charge in [-0.25, -0.2) is 4.79 Å². The molecule has 0 aliphatic carbocycles. The van der Waals surface area contributed by atoms with Gasteiger partial charge in [0.25, 0.3) is 0 Å². The Kier molecular flexibility index (Phi) is 9.02. The van der Waals surface area contributed by atoms with Crippen LogP contribution in [0.4, 0.5) is 10.5 Å². The third-order valence-electron chi connectivity index (χ3n) is 6.92. The van der Waals surface area contributed by atoms with Crippen molar-refractivity contribution >= 4 is 22.5 Å². The van der Waals surface area contributed by atoms with Crippen molar-refractivity contribution in [2.75, 3.05) is 31.6 Å². The quantitative estimate of drug-likeness (QED) is 0.284. The van der Waals surface area contributed by atoms with Crippen LogP contribution in [0.15, 0.2) is 72.9 Å². The SMILES string of the molecule is N#Cc1nnccc1CNC(=O)Nc1ccc(OCc2ccc(OCCN3CCCCC3)cc2)c2ccccc12. The Labute approximate surface area is 233 Å². The van der Waals surface area contributed by atoms with Crippen LogP contribution in [0.3, 0.4) is 0 Å². The molecule has 9 nitrogen and oxygen atoms in total. The first-order valence-corrected chi connectivity index (χ1v) is 13.5. The second kappa shape index (κ2) is 13.4. The number of nitriles is 1. The Morgan fingerprint density at radius 3 is 2.55 bits per heavy atom. The van der Waals surface area contributed by atoms with Gasteiger partial charge in [-0.2, -0.15) is 10.4 Å². The lowest BCUT2D eigenvalue weighted by Crippen LogP contribution is -2.33. The molecule has 2 heterocycles. The van der Waals surface area contributed by atoms with E-state index in [0.29, 0.717) is 24.5 Å². The van der Waals surface area contributed by atoms with E-state index in [-0.39, 0.29) is 12.2 Å². The summed E-state index contributed by atoms with van der Waals surface area (Å²) in [6, 6.07) is 22.7. The van der Waals surface area contributed by atoms with Gasteiger partial charge in [0.15, 0.2) is 5.69 Å². The molecule has 1 saturated heterocycles. The molecular formula is C31H32N6O3. The third-order valence-corrected chi connectivity index (χ3v) is 6.92. The number of nitrogens with zero attached hydrogens (tertiary/aromatic N) is 4. The maximum atomic E-state index is 12.6. The summed E-state index contributed by atoms with van der Waals surface area (Å²) in [6.07, 6.45) is 5.40. The molecule has 1 fully saturated rings. The molecule has 1 aliphatic rings. The van der Waals surface area contributed by atoms with Gasteiger partial charge in [0.2, 0.25) is 0 Å². The average Bonchev–Trinajstić information content (AvgIpc) is 3.01. The molecule has 1 aliphatic heterocycles. The van der Waals surface area contributed by atoms with E-state index in [2.05, 4.69) is 25.7 Å². The molecule has 5 rings (SSSR count). The zero-order chi connectivity index (χ0) is 27.6. The molecule has 4 aromatic rings. The van der Waals surface area contributed by atoms with Crippen LogP contribution in [0.25, 0.3) is 10.8 Å². The smallest absolute Gasteiger partial charge is 0.319 e. The molecule has 0 unspecified atom stereocenters. The second-order valence-corrected chi connectivity index (χ2v) is 9.66. The van der Waals surface area contributed by atoms with Crippen LogP contribution in [-0.2, 0) is 13.2 Å². The molecule has 0 bridgehead atoms. The summed E-state index contributed by atoms with van der Waals surface area (Å²) in [5.41, 5.74) is 2.47. The Morgan fingerprint density at radius 1 is 0.950 bits per heavy atom. The highest BCUT2D eigenvalue weighted by molar-refractivity contribution is 6.03. The lowest BCUT2D eigenvalue weighted by Gasteiger charge is -2.26. The summed E-state index contributed by atoms with van der Waals surface area (Å²) in [6.45, 7) is 4.58. The molecule has 40 heavy (non-hydrogen) atoms. The lowest BCUT2D eigenvalue weighted by atomic mass is 10.1. The minimum absolute atomic E-state index is 0.158. The summed E-state index contributed by atoms with van der Waals surface area (Å²) in [7, 11) is 0. The second-order valence-electron chi connectivity index (χ2n) is 9.66. The van der Waals surface area contributed by atoms with Gasteiger partial charge in [-0.15, -0.1) is 5.10 Å². The number of amides is 2. The van der Waals surface area contributed by atoms with Crippen molar-refractivity contribution in [1.29, 1.82) is 5.26 Å². The van der Waals surface area contributed by atoms with Crippen LogP contribution in [0.1, 0.15) is 36.1 Å². The molecule has 0 saturated carbocycles. The Hall–Kier alpha value is -4.68. The number of anilines is 1. The fraction of sp³-hybridized carbons (Fsp3) is 0.290. The number of fused-ring (bicyclic) bond motifs is 1. The first-order valence-electron chi connectivity index (χ1n) is 13.5. The van der Waals surface area contributed by atoms with Crippen LogP contribution < -0.4 is 20.1 Å². The number of hydrogen-bond acceptors (Lipinski definition) is 7.